The maximum Gasteiger partial charge on any atom is 0.408 e. The van der Waals surface area contributed by atoms with Crippen LogP contribution in [0.3, 0.4) is 0 Å². The summed E-state index contributed by atoms with van der Waals surface area (Å²) in [6.45, 7) is 6.58. The molecule has 3 N–H and O–H groups in total. The summed E-state index contributed by atoms with van der Waals surface area (Å²) in [6.07, 6.45) is 6.36. The van der Waals surface area contributed by atoms with Crippen LogP contribution in [0.1, 0.15) is 52.9 Å². The molecule has 2 heterocycles. The molecule has 170 valence electrons. The second kappa shape index (κ2) is 8.51. The Bertz CT molecular complexity index is 825. The highest BCUT2D eigenvalue weighted by molar-refractivity contribution is 5.96. The molecule has 0 spiro atoms. The number of hydrogen-bond acceptors (Lipinski definition) is 5. The van der Waals surface area contributed by atoms with Gasteiger partial charge in [0.05, 0.1) is 12.5 Å². The van der Waals surface area contributed by atoms with Crippen LogP contribution in [-0.4, -0.2) is 45.9 Å². The van der Waals surface area contributed by atoms with Gasteiger partial charge in [0.2, 0.25) is 11.8 Å². The summed E-state index contributed by atoms with van der Waals surface area (Å²) < 4.78 is 7.10. The molecule has 1 aromatic rings. The molecule has 9 heteroatoms. The number of amides is 3. The van der Waals surface area contributed by atoms with E-state index in [4.69, 9.17) is 4.74 Å². The normalized spacial score (nSPS) is 22.2. The first-order valence-corrected chi connectivity index (χ1v) is 11.3. The monoisotopic (exact) mass is 431 g/mol. The molecule has 4 rings (SSSR count). The number of alkyl carbamates (subject to hydrolysis) is 1. The summed E-state index contributed by atoms with van der Waals surface area (Å²) in [5.41, 5.74) is -0.634. The minimum Gasteiger partial charge on any atom is -0.444 e. The van der Waals surface area contributed by atoms with Gasteiger partial charge in [-0.3, -0.25) is 14.3 Å². The number of rotatable bonds is 8. The van der Waals surface area contributed by atoms with Gasteiger partial charge in [0.25, 0.3) is 0 Å². The van der Waals surface area contributed by atoms with E-state index in [2.05, 4.69) is 21.0 Å². The van der Waals surface area contributed by atoms with Crippen LogP contribution in [0.5, 0.6) is 0 Å². The highest BCUT2D eigenvalue weighted by atomic mass is 16.6. The van der Waals surface area contributed by atoms with Crippen molar-refractivity contribution < 1.29 is 19.1 Å². The zero-order valence-electron chi connectivity index (χ0n) is 18.5. The number of hydrogen-bond donors (Lipinski definition) is 3. The highest BCUT2D eigenvalue weighted by Gasteiger charge is 2.48. The van der Waals surface area contributed by atoms with E-state index in [1.807, 2.05) is 0 Å². The second-order valence-corrected chi connectivity index (χ2v) is 10.1. The van der Waals surface area contributed by atoms with Crippen LogP contribution in [-0.2, 0) is 20.9 Å². The van der Waals surface area contributed by atoms with E-state index in [1.165, 1.54) is 0 Å². The lowest BCUT2D eigenvalue weighted by atomic mass is 9.89. The van der Waals surface area contributed by atoms with E-state index >= 15 is 0 Å². The minimum atomic E-state index is -0.652. The number of carbonyl (C=O) groups is 3. The van der Waals surface area contributed by atoms with Crippen LogP contribution < -0.4 is 16.0 Å². The Morgan fingerprint density at radius 3 is 2.45 bits per heavy atom. The van der Waals surface area contributed by atoms with Gasteiger partial charge in [-0.1, -0.05) is 0 Å². The number of aromatic nitrogens is 2. The molecule has 2 unspecified atom stereocenters. The Kier molecular flexibility index (Phi) is 5.94. The molecule has 0 radical (unpaired) electrons. The van der Waals surface area contributed by atoms with Gasteiger partial charge in [0.1, 0.15) is 11.6 Å². The average Bonchev–Trinajstić information content (AvgIpc) is 3.59. The van der Waals surface area contributed by atoms with Crippen molar-refractivity contribution in [2.45, 2.75) is 71.1 Å². The van der Waals surface area contributed by atoms with E-state index < -0.39 is 17.7 Å². The van der Waals surface area contributed by atoms with Crippen LogP contribution in [0.25, 0.3) is 0 Å². The zero-order valence-corrected chi connectivity index (χ0v) is 18.5. The molecule has 9 nitrogen and oxygen atoms in total. The SMILES string of the molecule is CC(C)(C)OC(=O)NC(C(=O)Nc1ccn(CC2CCNC2=O)n1)C(C1CC1)C1CC1. The van der Waals surface area contributed by atoms with Gasteiger partial charge >= 0.3 is 6.09 Å². The fraction of sp³-hybridized carbons (Fsp3) is 0.727. The molecule has 0 bridgehead atoms. The first kappa shape index (κ1) is 21.6. The van der Waals surface area contributed by atoms with Gasteiger partial charge in [-0.15, -0.1) is 0 Å². The maximum atomic E-state index is 13.2. The second-order valence-electron chi connectivity index (χ2n) is 10.1. The highest BCUT2D eigenvalue weighted by Crippen LogP contribution is 2.50. The summed E-state index contributed by atoms with van der Waals surface area (Å²) in [6, 6.07) is 1.07. The molecule has 1 aliphatic heterocycles. The molecule has 2 atom stereocenters. The Hall–Kier alpha value is -2.58. The third kappa shape index (κ3) is 5.77. The smallest absolute Gasteiger partial charge is 0.408 e. The quantitative estimate of drug-likeness (QED) is 0.584. The van der Waals surface area contributed by atoms with Crippen molar-refractivity contribution in [3.8, 4) is 0 Å². The maximum absolute atomic E-state index is 13.2. The third-order valence-electron chi connectivity index (χ3n) is 6.13. The van der Waals surface area contributed by atoms with Crippen molar-refractivity contribution in [3.05, 3.63) is 12.3 Å². The van der Waals surface area contributed by atoms with Crippen molar-refractivity contribution in [1.82, 2.24) is 20.4 Å². The summed E-state index contributed by atoms with van der Waals surface area (Å²) in [4.78, 5) is 37.5. The first-order valence-electron chi connectivity index (χ1n) is 11.3. The van der Waals surface area contributed by atoms with Crippen molar-refractivity contribution in [1.29, 1.82) is 0 Å². The summed E-state index contributed by atoms with van der Waals surface area (Å²) in [5, 5.41) is 12.9. The van der Waals surface area contributed by atoms with Gasteiger partial charge in [0, 0.05) is 18.8 Å². The Labute approximate surface area is 182 Å². The number of nitrogens with zero attached hydrogens (tertiary/aromatic N) is 2. The molecule has 1 aromatic heterocycles. The lowest BCUT2D eigenvalue weighted by molar-refractivity contribution is -0.123. The van der Waals surface area contributed by atoms with E-state index in [9.17, 15) is 14.4 Å². The molecule has 0 aromatic carbocycles. The number of nitrogens with one attached hydrogen (secondary N) is 3. The molecule has 2 aliphatic carbocycles. The van der Waals surface area contributed by atoms with E-state index in [1.54, 1.807) is 37.7 Å². The minimum absolute atomic E-state index is 0.0411. The predicted octanol–water partition coefficient (Wildman–Crippen LogP) is 2.29. The first-order chi connectivity index (χ1) is 14.7. The average molecular weight is 432 g/mol. The topological polar surface area (TPSA) is 114 Å². The van der Waals surface area contributed by atoms with Gasteiger partial charge < -0.3 is 20.7 Å². The summed E-state index contributed by atoms with van der Waals surface area (Å²) in [5.74, 6) is 1.16. The van der Waals surface area contributed by atoms with Crippen LogP contribution in [0.4, 0.5) is 10.6 Å². The van der Waals surface area contributed by atoms with Crippen molar-refractivity contribution in [2.75, 3.05) is 11.9 Å². The molecular weight excluding hydrogens is 398 g/mol. The fourth-order valence-electron chi connectivity index (χ4n) is 4.44. The lowest BCUT2D eigenvalue weighted by Gasteiger charge is -2.28. The van der Waals surface area contributed by atoms with Crippen LogP contribution in [0, 0.1) is 23.7 Å². The Morgan fingerprint density at radius 1 is 1.23 bits per heavy atom. The lowest BCUT2D eigenvalue weighted by Crippen LogP contribution is -2.51. The fourth-order valence-corrected chi connectivity index (χ4v) is 4.44. The van der Waals surface area contributed by atoms with Crippen LogP contribution in [0.2, 0.25) is 0 Å². The summed E-state index contributed by atoms with van der Waals surface area (Å²) >= 11 is 0. The molecule has 2 saturated carbocycles. The van der Waals surface area contributed by atoms with Crippen molar-refractivity contribution in [2.24, 2.45) is 23.7 Å². The number of anilines is 1. The molecule has 1 saturated heterocycles. The van der Waals surface area contributed by atoms with E-state index in [-0.39, 0.29) is 23.7 Å². The predicted molar refractivity (Wildman–Crippen MR) is 114 cm³/mol. The molecular formula is C22H33N5O4. The van der Waals surface area contributed by atoms with Gasteiger partial charge in [0.15, 0.2) is 5.82 Å². The molecule has 3 amide bonds. The van der Waals surface area contributed by atoms with Crippen LogP contribution in [0.15, 0.2) is 12.3 Å². The zero-order chi connectivity index (χ0) is 22.2. The largest absolute Gasteiger partial charge is 0.444 e. The van der Waals surface area contributed by atoms with Gasteiger partial charge in [-0.2, -0.15) is 5.10 Å². The number of carbonyl (C=O) groups excluding carboxylic acids is 3. The van der Waals surface area contributed by atoms with Crippen molar-refractivity contribution >= 4 is 23.7 Å². The molecule has 3 aliphatic rings. The van der Waals surface area contributed by atoms with Gasteiger partial charge in [-0.05, 0) is 70.6 Å². The molecule has 3 fully saturated rings. The standard InChI is InChI=1S/C22H33N5O4/c1-22(2,3)31-21(30)25-18(17(13-4-5-13)14-6-7-14)20(29)24-16-9-11-27(26-16)12-15-8-10-23-19(15)28/h9,11,13-15,17-18H,4-8,10,12H2,1-3H3,(H,23,28)(H,25,30)(H,24,26,29). The summed E-state index contributed by atoms with van der Waals surface area (Å²) in [7, 11) is 0. The van der Waals surface area contributed by atoms with Crippen molar-refractivity contribution in [3.63, 3.8) is 0 Å². The third-order valence-corrected chi connectivity index (χ3v) is 6.13. The van der Waals surface area contributed by atoms with E-state index in [0.29, 0.717) is 30.7 Å². The van der Waals surface area contributed by atoms with Crippen LogP contribution >= 0.6 is 0 Å². The Morgan fingerprint density at radius 2 is 1.90 bits per heavy atom. The number of ether oxygens (including phenoxy) is 1. The van der Waals surface area contributed by atoms with Gasteiger partial charge in [-0.25, -0.2) is 4.79 Å². The van der Waals surface area contributed by atoms with E-state index in [0.717, 1.165) is 32.1 Å². The molecule has 31 heavy (non-hydrogen) atoms. The Balaban J connectivity index is 1.43.